The number of nitrogens with one attached hydrogen (secondary N) is 1. The lowest BCUT2D eigenvalue weighted by atomic mass is 10.1. The monoisotopic (exact) mass is 329 g/mol. The Kier molecular flexibility index (Phi) is 3.71. The molecule has 5 nitrogen and oxygen atoms in total. The predicted molar refractivity (Wildman–Crippen MR) is 89.9 cm³/mol. The van der Waals surface area contributed by atoms with Crippen LogP contribution in [0, 0.1) is 6.92 Å². The fraction of sp³-hybridized carbons (Fsp3) is 0.0588. The minimum atomic E-state index is -4.24. The standard InChI is InChI=1S/C17H15NO4S/c1-11-5-6-12-7-8-14(10-16(12)17(11)19)18-13-3-2-4-15(9-13)23(20,21)22/h2-10,18-19H,1H3,(H,20,21,22). The van der Waals surface area contributed by atoms with E-state index >= 15 is 0 Å². The fourth-order valence-electron chi connectivity index (χ4n) is 2.39. The lowest BCUT2D eigenvalue weighted by Gasteiger charge is -2.10. The zero-order valence-corrected chi connectivity index (χ0v) is 13.1. The largest absolute Gasteiger partial charge is 0.507 e. The Hall–Kier alpha value is -2.57. The van der Waals surface area contributed by atoms with Gasteiger partial charge in [0.2, 0.25) is 0 Å². The second kappa shape index (κ2) is 5.57. The Morgan fingerprint density at radius 3 is 2.39 bits per heavy atom. The first-order valence-corrected chi connectivity index (χ1v) is 8.35. The van der Waals surface area contributed by atoms with Crippen LogP contribution in [0.1, 0.15) is 5.56 Å². The zero-order valence-electron chi connectivity index (χ0n) is 12.3. The van der Waals surface area contributed by atoms with Crippen molar-refractivity contribution in [1.82, 2.24) is 0 Å². The van der Waals surface area contributed by atoms with Gasteiger partial charge in [-0.25, -0.2) is 0 Å². The maximum Gasteiger partial charge on any atom is 0.294 e. The topological polar surface area (TPSA) is 86.6 Å². The number of fused-ring (bicyclic) bond motifs is 1. The van der Waals surface area contributed by atoms with Gasteiger partial charge < -0.3 is 10.4 Å². The summed E-state index contributed by atoms with van der Waals surface area (Å²) in [4.78, 5) is -0.179. The van der Waals surface area contributed by atoms with E-state index in [4.69, 9.17) is 4.55 Å². The van der Waals surface area contributed by atoms with Crippen LogP contribution in [0.15, 0.2) is 59.5 Å². The number of aryl methyl sites for hydroxylation is 1. The van der Waals surface area contributed by atoms with E-state index in [0.717, 1.165) is 10.9 Å². The van der Waals surface area contributed by atoms with Crippen molar-refractivity contribution >= 4 is 32.3 Å². The van der Waals surface area contributed by atoms with E-state index in [9.17, 15) is 13.5 Å². The normalized spacial score (nSPS) is 11.6. The summed E-state index contributed by atoms with van der Waals surface area (Å²) in [5.41, 5.74) is 2.00. The molecule has 0 unspecified atom stereocenters. The second-order valence-electron chi connectivity index (χ2n) is 5.29. The number of benzene rings is 3. The van der Waals surface area contributed by atoms with Gasteiger partial charge in [-0.05, 0) is 48.2 Å². The Morgan fingerprint density at radius 1 is 0.957 bits per heavy atom. The van der Waals surface area contributed by atoms with Crippen LogP contribution in [0.2, 0.25) is 0 Å². The molecule has 3 N–H and O–H groups in total. The first-order chi connectivity index (χ1) is 10.8. The minimum absolute atomic E-state index is 0.179. The molecule has 0 saturated carbocycles. The van der Waals surface area contributed by atoms with Crippen LogP contribution >= 0.6 is 0 Å². The highest BCUT2D eigenvalue weighted by molar-refractivity contribution is 7.85. The van der Waals surface area contributed by atoms with Crippen molar-refractivity contribution in [2.45, 2.75) is 11.8 Å². The molecule has 0 aliphatic heterocycles. The third kappa shape index (κ3) is 3.13. The maximum atomic E-state index is 11.2. The molecule has 6 heteroatoms. The van der Waals surface area contributed by atoms with E-state index in [1.165, 1.54) is 18.2 Å². The molecule has 0 amide bonds. The van der Waals surface area contributed by atoms with Crippen molar-refractivity contribution < 1.29 is 18.1 Å². The van der Waals surface area contributed by atoms with Gasteiger partial charge in [0.25, 0.3) is 10.1 Å². The molecule has 0 atom stereocenters. The van der Waals surface area contributed by atoms with Crippen LogP contribution in [0.3, 0.4) is 0 Å². The van der Waals surface area contributed by atoms with Crippen molar-refractivity contribution in [3.63, 3.8) is 0 Å². The van der Waals surface area contributed by atoms with Crippen LogP contribution in [-0.2, 0) is 10.1 Å². The molecule has 0 bridgehead atoms. The molecule has 0 heterocycles. The molecule has 0 aliphatic rings. The molecule has 0 saturated heterocycles. The van der Waals surface area contributed by atoms with Gasteiger partial charge in [0.15, 0.2) is 0 Å². The summed E-state index contributed by atoms with van der Waals surface area (Å²) in [5.74, 6) is 0.220. The summed E-state index contributed by atoms with van der Waals surface area (Å²) in [7, 11) is -4.24. The number of rotatable bonds is 3. The third-order valence-electron chi connectivity index (χ3n) is 3.62. The first-order valence-electron chi connectivity index (χ1n) is 6.91. The number of phenols is 1. The number of aromatic hydroxyl groups is 1. The van der Waals surface area contributed by atoms with E-state index < -0.39 is 10.1 Å². The quantitative estimate of drug-likeness (QED) is 0.636. The highest BCUT2D eigenvalue weighted by Gasteiger charge is 2.10. The Morgan fingerprint density at radius 2 is 1.65 bits per heavy atom. The van der Waals surface area contributed by atoms with Crippen molar-refractivity contribution in [1.29, 1.82) is 0 Å². The van der Waals surface area contributed by atoms with Gasteiger partial charge in [0.05, 0.1) is 4.90 Å². The van der Waals surface area contributed by atoms with Crippen LogP contribution in [0.25, 0.3) is 10.8 Å². The summed E-state index contributed by atoms with van der Waals surface area (Å²) in [5, 5.41) is 14.8. The molecule has 3 aromatic carbocycles. The summed E-state index contributed by atoms with van der Waals surface area (Å²) < 4.78 is 31.5. The molecule has 0 aliphatic carbocycles. The van der Waals surface area contributed by atoms with Crippen LogP contribution in [0.5, 0.6) is 5.75 Å². The molecular weight excluding hydrogens is 314 g/mol. The van der Waals surface area contributed by atoms with Crippen molar-refractivity contribution in [3.8, 4) is 5.75 Å². The summed E-state index contributed by atoms with van der Waals surface area (Å²) in [6.45, 7) is 1.82. The smallest absolute Gasteiger partial charge is 0.294 e. The highest BCUT2D eigenvalue weighted by atomic mass is 32.2. The van der Waals surface area contributed by atoms with Crippen molar-refractivity contribution in [3.05, 3.63) is 60.2 Å². The summed E-state index contributed by atoms with van der Waals surface area (Å²) in [6, 6.07) is 15.1. The van der Waals surface area contributed by atoms with Crippen molar-refractivity contribution in [2.75, 3.05) is 5.32 Å². The van der Waals surface area contributed by atoms with Gasteiger partial charge >= 0.3 is 0 Å². The van der Waals surface area contributed by atoms with E-state index in [1.54, 1.807) is 12.1 Å². The van der Waals surface area contributed by atoms with E-state index in [2.05, 4.69) is 5.32 Å². The van der Waals surface area contributed by atoms with Gasteiger partial charge in [-0.2, -0.15) is 8.42 Å². The Bertz CT molecular complexity index is 997. The lowest BCUT2D eigenvalue weighted by molar-refractivity contribution is 0.477. The average molecular weight is 329 g/mol. The first kappa shape index (κ1) is 15.3. The van der Waals surface area contributed by atoms with Gasteiger partial charge in [-0.15, -0.1) is 0 Å². The number of hydrogen-bond acceptors (Lipinski definition) is 4. The van der Waals surface area contributed by atoms with Gasteiger partial charge in [-0.3, -0.25) is 4.55 Å². The summed E-state index contributed by atoms with van der Waals surface area (Å²) >= 11 is 0. The van der Waals surface area contributed by atoms with E-state index in [1.807, 2.05) is 31.2 Å². The van der Waals surface area contributed by atoms with E-state index in [0.29, 0.717) is 16.8 Å². The minimum Gasteiger partial charge on any atom is -0.507 e. The van der Waals surface area contributed by atoms with Gasteiger partial charge in [0, 0.05) is 16.8 Å². The number of hydrogen-bond donors (Lipinski definition) is 3. The highest BCUT2D eigenvalue weighted by Crippen LogP contribution is 2.31. The van der Waals surface area contributed by atoms with E-state index in [-0.39, 0.29) is 10.6 Å². The van der Waals surface area contributed by atoms with Gasteiger partial charge in [0.1, 0.15) is 5.75 Å². The molecule has 23 heavy (non-hydrogen) atoms. The molecule has 0 radical (unpaired) electrons. The molecule has 118 valence electrons. The molecule has 3 aromatic rings. The third-order valence-corrected chi connectivity index (χ3v) is 4.47. The van der Waals surface area contributed by atoms with Crippen LogP contribution in [0.4, 0.5) is 11.4 Å². The molecule has 0 aromatic heterocycles. The van der Waals surface area contributed by atoms with Gasteiger partial charge in [-0.1, -0.05) is 24.3 Å². The number of anilines is 2. The predicted octanol–water partition coefficient (Wildman–Crippen LogP) is 3.84. The average Bonchev–Trinajstić information content (AvgIpc) is 2.51. The van der Waals surface area contributed by atoms with Crippen LogP contribution in [-0.4, -0.2) is 18.1 Å². The fourth-order valence-corrected chi connectivity index (χ4v) is 2.92. The summed E-state index contributed by atoms with van der Waals surface area (Å²) in [6.07, 6.45) is 0. The maximum absolute atomic E-state index is 11.2. The lowest BCUT2D eigenvalue weighted by Crippen LogP contribution is -1.99. The van der Waals surface area contributed by atoms with Crippen LogP contribution < -0.4 is 5.32 Å². The Balaban J connectivity index is 2.00. The molecule has 3 rings (SSSR count). The molecular formula is C17H15NO4S. The molecule has 0 spiro atoms. The zero-order chi connectivity index (χ0) is 16.6. The second-order valence-corrected chi connectivity index (χ2v) is 6.72. The number of phenolic OH excluding ortho intramolecular Hbond substituents is 1. The Labute approximate surface area is 134 Å². The molecule has 0 fully saturated rings. The SMILES string of the molecule is Cc1ccc2ccc(Nc3cccc(S(=O)(=O)O)c3)cc2c1O. The van der Waals surface area contributed by atoms with Crippen molar-refractivity contribution in [2.24, 2.45) is 0 Å².